The lowest BCUT2D eigenvalue weighted by molar-refractivity contribution is -0.0170. The molecule has 4 aromatic carbocycles. The van der Waals surface area contributed by atoms with Gasteiger partial charge in [-0.3, -0.25) is 4.79 Å². The van der Waals surface area contributed by atoms with Crippen molar-refractivity contribution in [3.8, 4) is 0 Å². The standard InChI is InChI=1S/C17H27NO2Si.C15H23NOSi.C11H13NO3.C10H9NO/c1-17(2,3)21(4,5)20-12-13-6-7-16-15(10-13)14(8-9-19)11-18-16;1-15(2,3)18(4,5)17-11-12-6-7-14-13(10-12)8-9-16-14;13-6-7-1-2-9-8(5-7)11(14)3-4-15-10(11)12-9;1-7(12)8-2-3-10-9(6-8)4-5-11-10/h6-7,10-11,18-19H,8-9,12H2,1-5H3;6-10,16H,11H2,1-5H3;1-2,5,10,12-14H,3-4,6H2;2-6,11H,1H3/t;;10?,11-;/m..1./s1. The lowest BCUT2D eigenvalue weighted by atomic mass is 9.92. The number of aromatic amines is 3. The van der Waals surface area contributed by atoms with Crippen LogP contribution < -0.4 is 5.32 Å². The van der Waals surface area contributed by atoms with Crippen LogP contribution in [0.15, 0.2) is 104 Å². The van der Waals surface area contributed by atoms with Crippen molar-refractivity contribution in [2.75, 3.05) is 18.5 Å². The number of nitrogens with one attached hydrogen (secondary N) is 4. The minimum Gasteiger partial charge on any atom is -0.413 e. The molecule has 2 aliphatic rings. The van der Waals surface area contributed by atoms with Crippen LogP contribution in [0.25, 0.3) is 32.7 Å². The molecule has 0 bridgehead atoms. The molecule has 3 aromatic heterocycles. The van der Waals surface area contributed by atoms with Gasteiger partial charge in [-0.05, 0) is 144 Å². The Bertz CT molecular complexity index is 2720. The quantitative estimate of drug-likeness (QED) is 0.0526. The summed E-state index contributed by atoms with van der Waals surface area (Å²) in [5.74, 6) is 0.109. The lowest BCUT2D eigenvalue weighted by Crippen LogP contribution is -2.40. The Morgan fingerprint density at radius 3 is 1.86 bits per heavy atom. The zero-order valence-corrected chi connectivity index (χ0v) is 42.8. The number of aliphatic hydroxyl groups is 3. The predicted molar refractivity (Wildman–Crippen MR) is 274 cm³/mol. The van der Waals surface area contributed by atoms with Gasteiger partial charge in [-0.2, -0.15) is 0 Å². The van der Waals surface area contributed by atoms with Crippen LogP contribution in [0.5, 0.6) is 0 Å². The molecule has 11 nitrogen and oxygen atoms in total. The van der Waals surface area contributed by atoms with Crippen LogP contribution in [0.2, 0.25) is 36.3 Å². The maximum absolute atomic E-state index is 11.0. The Morgan fingerprint density at radius 1 is 0.727 bits per heavy atom. The first-order valence-electron chi connectivity index (χ1n) is 23.0. The normalized spacial score (nSPS) is 17.0. The van der Waals surface area contributed by atoms with Crippen LogP contribution in [0.1, 0.15) is 93.1 Å². The molecule has 0 saturated carbocycles. The molecule has 1 unspecified atom stereocenters. The van der Waals surface area contributed by atoms with E-state index >= 15 is 0 Å². The Balaban J connectivity index is 0.000000148. The number of anilines is 1. The Hall–Kier alpha value is -4.84. The topological polar surface area (TPSA) is 165 Å². The van der Waals surface area contributed by atoms with Crippen LogP contribution in [0.4, 0.5) is 5.69 Å². The number of hydrogen-bond acceptors (Lipinski definition) is 8. The van der Waals surface area contributed by atoms with Gasteiger partial charge in [0.25, 0.3) is 0 Å². The van der Waals surface area contributed by atoms with Gasteiger partial charge in [0.15, 0.2) is 28.6 Å². The van der Waals surface area contributed by atoms with Crippen molar-refractivity contribution in [3.05, 3.63) is 137 Å². The number of ketones is 1. The van der Waals surface area contributed by atoms with Gasteiger partial charge < -0.3 is 49.2 Å². The van der Waals surface area contributed by atoms with E-state index in [-0.39, 0.29) is 35.3 Å². The molecule has 1 saturated heterocycles. The van der Waals surface area contributed by atoms with E-state index in [1.54, 1.807) is 6.92 Å². The van der Waals surface area contributed by atoms with E-state index in [0.29, 0.717) is 26.1 Å². The molecule has 1 fully saturated rings. The van der Waals surface area contributed by atoms with Crippen molar-refractivity contribution in [3.63, 3.8) is 0 Å². The number of fused-ring (bicyclic) bond motifs is 6. The summed E-state index contributed by atoms with van der Waals surface area (Å²) in [7, 11) is -3.36. The van der Waals surface area contributed by atoms with E-state index in [4.69, 9.17) is 23.8 Å². The fourth-order valence-corrected chi connectivity index (χ4v) is 9.34. The van der Waals surface area contributed by atoms with Gasteiger partial charge in [-0.25, -0.2) is 0 Å². The maximum atomic E-state index is 11.0. The number of benzene rings is 4. The molecule has 7 aromatic rings. The van der Waals surface area contributed by atoms with Gasteiger partial charge in [-0.15, -0.1) is 0 Å². The second kappa shape index (κ2) is 20.6. The molecule has 2 atom stereocenters. The lowest BCUT2D eigenvalue weighted by Gasteiger charge is -2.36. The highest BCUT2D eigenvalue weighted by molar-refractivity contribution is 6.74. The average molecular weight is 933 g/mol. The molecule has 9 rings (SSSR count). The summed E-state index contributed by atoms with van der Waals surface area (Å²) in [6.07, 6.45) is 6.79. The molecule has 7 N–H and O–H groups in total. The van der Waals surface area contributed by atoms with E-state index in [1.807, 2.05) is 61.1 Å². The van der Waals surface area contributed by atoms with E-state index < -0.39 is 22.2 Å². The van der Waals surface area contributed by atoms with Gasteiger partial charge in [0.1, 0.15) is 5.60 Å². The highest BCUT2D eigenvalue weighted by Crippen LogP contribution is 2.46. The largest absolute Gasteiger partial charge is 0.413 e. The van der Waals surface area contributed by atoms with E-state index in [2.05, 4.69) is 130 Å². The Labute approximate surface area is 392 Å². The summed E-state index contributed by atoms with van der Waals surface area (Å²) < 4.78 is 17.9. The monoisotopic (exact) mass is 932 g/mol. The molecule has 0 spiro atoms. The SMILES string of the molecule is CC(=O)c1ccc2[nH]ccc2c1.CC(C)(C)[Si](C)(C)OCc1ccc2[nH]cc(CCO)c2c1.CC(C)(C)[Si](C)(C)OCc1ccc2[nH]ccc2c1.OCc1ccc2c(c1)[C@]1(O)CCOC1N2. The third-order valence-corrected chi connectivity index (χ3v) is 22.8. The summed E-state index contributed by atoms with van der Waals surface area (Å²) in [5, 5.41) is 35.8. The zero-order valence-electron chi connectivity index (χ0n) is 40.8. The number of rotatable bonds is 10. The van der Waals surface area contributed by atoms with Gasteiger partial charge >= 0.3 is 0 Å². The molecule has 0 aliphatic carbocycles. The number of carbonyl (C=O) groups excluding carboxylic acids is 1. The molecule has 354 valence electrons. The highest BCUT2D eigenvalue weighted by Gasteiger charge is 2.50. The smallest absolute Gasteiger partial charge is 0.192 e. The fraction of sp³-hybridized carbons (Fsp3) is 0.415. The van der Waals surface area contributed by atoms with Gasteiger partial charge in [-0.1, -0.05) is 59.7 Å². The second-order valence-electron chi connectivity index (χ2n) is 20.6. The van der Waals surface area contributed by atoms with Crippen molar-refractivity contribution >= 4 is 60.8 Å². The van der Waals surface area contributed by atoms with E-state index in [0.717, 1.165) is 45.4 Å². The van der Waals surface area contributed by atoms with Crippen molar-refractivity contribution in [2.45, 2.75) is 129 Å². The molecule has 66 heavy (non-hydrogen) atoms. The summed E-state index contributed by atoms with van der Waals surface area (Å²) in [6.45, 7) is 26.4. The molecule has 13 heteroatoms. The average Bonchev–Trinajstić information content (AvgIpc) is 4.12. The molecule has 0 radical (unpaired) electrons. The number of aromatic nitrogens is 3. The number of Topliss-reactive ketones (excluding diaryl/α,β-unsaturated/α-hetero) is 1. The van der Waals surface area contributed by atoms with Crippen LogP contribution in [0, 0.1) is 0 Å². The fourth-order valence-electron chi connectivity index (χ4n) is 7.42. The minimum absolute atomic E-state index is 0.00508. The number of hydrogen-bond donors (Lipinski definition) is 7. The van der Waals surface area contributed by atoms with Crippen molar-refractivity contribution in [2.24, 2.45) is 0 Å². The first kappa shape index (κ1) is 50.6. The summed E-state index contributed by atoms with van der Waals surface area (Å²) in [5.41, 5.74) is 9.41. The minimum atomic E-state index is -1.72. The van der Waals surface area contributed by atoms with Crippen LogP contribution in [-0.4, -0.2) is 72.1 Å². The number of aliphatic hydroxyl groups excluding tert-OH is 2. The summed E-state index contributed by atoms with van der Waals surface area (Å²) in [6, 6.07) is 28.2. The number of ether oxygens (including phenoxy) is 1. The Kier molecular flexibility index (Phi) is 15.8. The molecule has 5 heterocycles. The van der Waals surface area contributed by atoms with Crippen LogP contribution in [-0.2, 0) is 45.4 Å². The number of carbonyl (C=O) groups is 1. The predicted octanol–water partition coefficient (Wildman–Crippen LogP) is 11.8. The van der Waals surface area contributed by atoms with Gasteiger partial charge in [0, 0.05) is 75.8 Å². The van der Waals surface area contributed by atoms with E-state index in [9.17, 15) is 9.90 Å². The maximum Gasteiger partial charge on any atom is 0.192 e. The van der Waals surface area contributed by atoms with Gasteiger partial charge in [0.2, 0.25) is 0 Å². The van der Waals surface area contributed by atoms with Crippen LogP contribution >= 0.6 is 0 Å². The molecular weight excluding hydrogens is 861 g/mol. The summed E-state index contributed by atoms with van der Waals surface area (Å²) >= 11 is 0. The third kappa shape index (κ3) is 11.8. The van der Waals surface area contributed by atoms with Crippen molar-refractivity contribution < 1.29 is 33.7 Å². The number of H-pyrrole nitrogens is 3. The third-order valence-electron chi connectivity index (χ3n) is 13.8. The zero-order chi connectivity index (χ0) is 48.1. The Morgan fingerprint density at radius 2 is 1.29 bits per heavy atom. The van der Waals surface area contributed by atoms with Gasteiger partial charge in [0.05, 0.1) is 26.4 Å². The van der Waals surface area contributed by atoms with Crippen molar-refractivity contribution in [1.29, 1.82) is 0 Å². The molecule has 2 aliphatic heterocycles. The van der Waals surface area contributed by atoms with Crippen molar-refractivity contribution in [1.82, 2.24) is 15.0 Å². The molecular formula is C53H72N4O7Si2. The summed E-state index contributed by atoms with van der Waals surface area (Å²) in [4.78, 5) is 20.5. The first-order chi connectivity index (χ1) is 31.0. The van der Waals surface area contributed by atoms with E-state index in [1.165, 1.54) is 33.0 Å². The second-order valence-corrected chi connectivity index (χ2v) is 30.2. The molecule has 0 amide bonds. The van der Waals surface area contributed by atoms with Crippen LogP contribution in [0.3, 0.4) is 0 Å². The highest BCUT2D eigenvalue weighted by atomic mass is 28.4. The first-order valence-corrected chi connectivity index (χ1v) is 28.8.